The zero-order chi connectivity index (χ0) is 18.0. The molecule has 2 aromatic carbocycles. The molecule has 2 aliphatic rings. The van der Waals surface area contributed by atoms with Crippen molar-refractivity contribution in [3.63, 3.8) is 0 Å². The smallest absolute Gasteiger partial charge is 0.308 e. The maximum Gasteiger partial charge on any atom is 0.308 e. The first-order valence-corrected chi connectivity index (χ1v) is 8.41. The molecule has 0 bridgehead atoms. The Morgan fingerprint density at radius 3 is 2.04 bits per heavy atom. The Labute approximate surface area is 145 Å². The Morgan fingerprint density at radius 1 is 0.960 bits per heavy atom. The van der Waals surface area contributed by atoms with E-state index in [1.54, 1.807) is 18.2 Å². The first kappa shape index (κ1) is 17.4. The molecule has 0 atom stereocenters. The standard InChI is InChI=1S/C11H11FO2.C9H9FO/c1-7(13)14-11-9(8-5-6-8)3-2-4-10(11)12;10-8-3-1-2-7(9(8)11)6-4-5-6/h2-4,8H,5-6H2,1H3;1-3,6,11H,4-5H2. The fourth-order valence-corrected chi connectivity index (χ4v) is 2.75. The van der Waals surface area contributed by atoms with Crippen molar-refractivity contribution >= 4 is 5.97 Å². The number of phenolic OH excluding ortho intramolecular Hbond substituents is 1. The summed E-state index contributed by atoms with van der Waals surface area (Å²) in [6, 6.07) is 9.49. The zero-order valence-corrected chi connectivity index (χ0v) is 14.0. The van der Waals surface area contributed by atoms with E-state index in [2.05, 4.69) is 0 Å². The SMILES string of the molecule is CC(=O)Oc1c(F)cccc1C1CC1.Oc1c(F)cccc1C1CC1. The minimum Gasteiger partial charge on any atom is -0.505 e. The van der Waals surface area contributed by atoms with Crippen LogP contribution in [0.3, 0.4) is 0 Å². The summed E-state index contributed by atoms with van der Waals surface area (Å²) in [5.41, 5.74) is 1.59. The molecule has 4 rings (SSSR count). The second-order valence-electron chi connectivity index (χ2n) is 6.48. The van der Waals surface area contributed by atoms with Crippen LogP contribution in [-0.2, 0) is 4.79 Å². The Kier molecular flexibility index (Phi) is 5.02. The molecule has 0 amide bonds. The lowest BCUT2D eigenvalue weighted by atomic mass is 10.1. The van der Waals surface area contributed by atoms with E-state index in [1.807, 2.05) is 6.07 Å². The Hall–Kier alpha value is -2.43. The van der Waals surface area contributed by atoms with Gasteiger partial charge in [-0.2, -0.15) is 0 Å². The molecule has 2 aliphatic carbocycles. The number of para-hydroxylation sites is 2. The zero-order valence-electron chi connectivity index (χ0n) is 14.0. The maximum absolute atomic E-state index is 13.3. The van der Waals surface area contributed by atoms with Crippen LogP contribution in [0.15, 0.2) is 36.4 Å². The summed E-state index contributed by atoms with van der Waals surface area (Å²) < 4.78 is 30.9. The molecule has 5 heteroatoms. The quantitative estimate of drug-likeness (QED) is 0.626. The van der Waals surface area contributed by atoms with Crippen molar-refractivity contribution in [2.45, 2.75) is 44.4 Å². The van der Waals surface area contributed by atoms with E-state index in [0.29, 0.717) is 11.8 Å². The molecule has 0 spiro atoms. The van der Waals surface area contributed by atoms with Crippen molar-refractivity contribution in [2.75, 3.05) is 0 Å². The highest BCUT2D eigenvalue weighted by atomic mass is 19.1. The molecule has 25 heavy (non-hydrogen) atoms. The van der Waals surface area contributed by atoms with E-state index in [1.165, 1.54) is 19.1 Å². The molecule has 2 aromatic rings. The van der Waals surface area contributed by atoms with Crippen LogP contribution in [0.2, 0.25) is 0 Å². The van der Waals surface area contributed by atoms with E-state index in [0.717, 1.165) is 36.8 Å². The van der Waals surface area contributed by atoms with Crippen LogP contribution in [0.25, 0.3) is 0 Å². The lowest BCUT2D eigenvalue weighted by molar-refractivity contribution is -0.132. The third-order valence-corrected chi connectivity index (χ3v) is 4.30. The minimum absolute atomic E-state index is 0.113. The number of carbonyl (C=O) groups excluding carboxylic acids is 1. The van der Waals surface area contributed by atoms with Crippen LogP contribution in [-0.4, -0.2) is 11.1 Å². The van der Waals surface area contributed by atoms with Crippen LogP contribution in [0.5, 0.6) is 11.5 Å². The minimum atomic E-state index is -0.505. The molecule has 0 aromatic heterocycles. The fourth-order valence-electron chi connectivity index (χ4n) is 2.75. The average Bonchev–Trinajstić information content (AvgIpc) is 3.45. The van der Waals surface area contributed by atoms with Gasteiger partial charge in [0.05, 0.1) is 0 Å². The first-order chi connectivity index (χ1) is 12.0. The predicted molar refractivity (Wildman–Crippen MR) is 89.7 cm³/mol. The first-order valence-electron chi connectivity index (χ1n) is 8.41. The summed E-state index contributed by atoms with van der Waals surface area (Å²) in [4.78, 5) is 10.8. The molecule has 2 fully saturated rings. The molecule has 0 radical (unpaired) electrons. The summed E-state index contributed by atoms with van der Waals surface area (Å²) in [6.45, 7) is 1.28. The van der Waals surface area contributed by atoms with Crippen molar-refractivity contribution < 1.29 is 23.4 Å². The van der Waals surface area contributed by atoms with E-state index in [-0.39, 0.29) is 11.5 Å². The van der Waals surface area contributed by atoms with E-state index in [9.17, 15) is 18.7 Å². The van der Waals surface area contributed by atoms with Gasteiger partial charge >= 0.3 is 5.97 Å². The summed E-state index contributed by atoms with van der Waals surface area (Å²) in [6.07, 6.45) is 4.27. The molecule has 1 N–H and O–H groups in total. The van der Waals surface area contributed by atoms with Crippen LogP contribution < -0.4 is 4.74 Å². The Balaban J connectivity index is 0.000000150. The summed E-state index contributed by atoms with van der Waals surface area (Å²) in [7, 11) is 0. The van der Waals surface area contributed by atoms with Crippen LogP contribution >= 0.6 is 0 Å². The summed E-state index contributed by atoms with van der Waals surface area (Å²) in [5, 5.41) is 9.23. The van der Waals surface area contributed by atoms with Gasteiger partial charge in [-0.15, -0.1) is 0 Å². The molecule has 2 saturated carbocycles. The summed E-state index contributed by atoms with van der Waals surface area (Å²) in [5.74, 6) is -0.695. The third kappa shape index (κ3) is 4.35. The Morgan fingerprint density at radius 2 is 1.48 bits per heavy atom. The predicted octanol–water partition coefficient (Wildman–Crippen LogP) is 5.04. The van der Waals surface area contributed by atoms with Gasteiger partial charge in [-0.3, -0.25) is 4.79 Å². The molecule has 0 heterocycles. The molecule has 0 aliphatic heterocycles. The number of hydrogen-bond donors (Lipinski definition) is 1. The molecule has 0 unspecified atom stereocenters. The van der Waals surface area contributed by atoms with Gasteiger partial charge in [0.15, 0.2) is 23.1 Å². The lowest BCUT2D eigenvalue weighted by Gasteiger charge is -2.08. The number of esters is 1. The van der Waals surface area contributed by atoms with Crippen molar-refractivity contribution in [1.82, 2.24) is 0 Å². The van der Waals surface area contributed by atoms with Gasteiger partial charge in [-0.1, -0.05) is 24.3 Å². The van der Waals surface area contributed by atoms with Crippen LogP contribution in [0, 0.1) is 11.6 Å². The number of halogens is 2. The molecule has 3 nitrogen and oxygen atoms in total. The van der Waals surface area contributed by atoms with Gasteiger partial charge < -0.3 is 9.84 Å². The van der Waals surface area contributed by atoms with Crippen molar-refractivity contribution in [1.29, 1.82) is 0 Å². The van der Waals surface area contributed by atoms with E-state index >= 15 is 0 Å². The van der Waals surface area contributed by atoms with Gasteiger partial charge in [-0.05, 0) is 49.7 Å². The molecule has 0 saturated heterocycles. The third-order valence-electron chi connectivity index (χ3n) is 4.30. The van der Waals surface area contributed by atoms with Gasteiger partial charge in [0, 0.05) is 18.1 Å². The van der Waals surface area contributed by atoms with Gasteiger partial charge in [0.2, 0.25) is 0 Å². The second-order valence-corrected chi connectivity index (χ2v) is 6.48. The van der Waals surface area contributed by atoms with Crippen molar-refractivity contribution in [3.8, 4) is 11.5 Å². The molecular weight excluding hydrogens is 326 g/mol. The number of carbonyl (C=O) groups is 1. The van der Waals surface area contributed by atoms with Crippen LogP contribution in [0.4, 0.5) is 8.78 Å². The fraction of sp³-hybridized carbons (Fsp3) is 0.350. The maximum atomic E-state index is 13.3. The number of aromatic hydroxyl groups is 1. The lowest BCUT2D eigenvalue weighted by Crippen LogP contribution is -2.05. The van der Waals surface area contributed by atoms with Crippen LogP contribution in [0.1, 0.15) is 55.6 Å². The monoisotopic (exact) mass is 346 g/mol. The molecule has 132 valence electrons. The second kappa shape index (κ2) is 7.21. The normalized spacial score (nSPS) is 16.0. The number of benzene rings is 2. The van der Waals surface area contributed by atoms with Crippen molar-refractivity contribution in [2.24, 2.45) is 0 Å². The van der Waals surface area contributed by atoms with E-state index in [4.69, 9.17) is 4.74 Å². The number of hydrogen-bond acceptors (Lipinski definition) is 3. The van der Waals surface area contributed by atoms with E-state index < -0.39 is 17.6 Å². The number of rotatable bonds is 3. The largest absolute Gasteiger partial charge is 0.505 e. The van der Waals surface area contributed by atoms with Gasteiger partial charge in [-0.25, -0.2) is 8.78 Å². The van der Waals surface area contributed by atoms with Gasteiger partial charge in [0.25, 0.3) is 0 Å². The highest BCUT2D eigenvalue weighted by Gasteiger charge is 2.29. The number of ether oxygens (including phenoxy) is 1. The Bertz CT molecular complexity index is 781. The highest BCUT2D eigenvalue weighted by Crippen LogP contribution is 2.45. The summed E-state index contributed by atoms with van der Waals surface area (Å²) >= 11 is 0. The average molecular weight is 346 g/mol. The van der Waals surface area contributed by atoms with Gasteiger partial charge in [0.1, 0.15) is 0 Å². The highest BCUT2D eigenvalue weighted by molar-refractivity contribution is 5.70. The molecular formula is C20H20F2O3. The topological polar surface area (TPSA) is 46.5 Å². The van der Waals surface area contributed by atoms with Crippen molar-refractivity contribution in [3.05, 3.63) is 59.2 Å². The number of phenols is 1.